The molecule has 17 heavy (non-hydrogen) atoms. The van der Waals surface area contributed by atoms with Crippen molar-refractivity contribution in [3.8, 4) is 0 Å². The lowest BCUT2D eigenvalue weighted by molar-refractivity contribution is -0.122. The molecule has 0 spiro atoms. The number of aromatic nitrogens is 1. The maximum absolute atomic E-state index is 11.8. The molecule has 0 radical (unpaired) electrons. The highest BCUT2D eigenvalue weighted by Crippen LogP contribution is 2.17. The number of rotatable bonds is 2. The van der Waals surface area contributed by atoms with E-state index in [9.17, 15) is 9.59 Å². The van der Waals surface area contributed by atoms with E-state index < -0.39 is 6.04 Å². The number of carbonyl (C=O) groups is 2. The van der Waals surface area contributed by atoms with E-state index in [1.54, 1.807) is 6.07 Å². The molecule has 1 atom stereocenters. The highest BCUT2D eigenvalue weighted by molar-refractivity contribution is 6.30. The molecule has 0 aliphatic carbocycles. The molecule has 0 aromatic carbocycles. The second kappa shape index (κ2) is 4.71. The van der Waals surface area contributed by atoms with Crippen molar-refractivity contribution < 1.29 is 9.59 Å². The van der Waals surface area contributed by atoms with Gasteiger partial charge in [-0.05, 0) is 25.0 Å². The van der Waals surface area contributed by atoms with Crippen LogP contribution in [0, 0.1) is 6.92 Å². The molecule has 0 bridgehead atoms. The van der Waals surface area contributed by atoms with Crippen LogP contribution in [-0.2, 0) is 9.59 Å². The van der Waals surface area contributed by atoms with E-state index in [-0.39, 0.29) is 11.8 Å². The summed E-state index contributed by atoms with van der Waals surface area (Å²) >= 11 is 5.78. The van der Waals surface area contributed by atoms with Crippen LogP contribution in [0.15, 0.2) is 12.3 Å². The third-order valence-electron chi connectivity index (χ3n) is 2.59. The van der Waals surface area contributed by atoms with Gasteiger partial charge >= 0.3 is 0 Å². The van der Waals surface area contributed by atoms with Crippen LogP contribution in [0.25, 0.3) is 0 Å². The van der Waals surface area contributed by atoms with E-state index in [2.05, 4.69) is 15.6 Å². The Bertz CT molecular complexity index is 476. The Morgan fingerprint density at radius 1 is 1.65 bits per heavy atom. The van der Waals surface area contributed by atoms with Gasteiger partial charge in [0, 0.05) is 6.42 Å². The Balaban J connectivity index is 2.03. The van der Waals surface area contributed by atoms with E-state index in [4.69, 9.17) is 11.6 Å². The van der Waals surface area contributed by atoms with Crippen molar-refractivity contribution >= 4 is 29.1 Å². The summed E-state index contributed by atoms with van der Waals surface area (Å²) in [4.78, 5) is 26.7. The SMILES string of the molecule is Cc1cc(NC(=O)C2CCC(=O)N2)cnc1Cl. The fourth-order valence-electron chi connectivity index (χ4n) is 1.67. The van der Waals surface area contributed by atoms with Gasteiger partial charge in [-0.3, -0.25) is 9.59 Å². The summed E-state index contributed by atoms with van der Waals surface area (Å²) in [6.07, 6.45) is 2.42. The van der Waals surface area contributed by atoms with Crippen molar-refractivity contribution in [3.63, 3.8) is 0 Å². The van der Waals surface area contributed by atoms with Gasteiger partial charge in [-0.1, -0.05) is 11.6 Å². The van der Waals surface area contributed by atoms with E-state index in [0.717, 1.165) is 5.56 Å². The zero-order chi connectivity index (χ0) is 12.4. The summed E-state index contributed by atoms with van der Waals surface area (Å²) in [6, 6.07) is 1.29. The average molecular weight is 254 g/mol. The fourth-order valence-corrected chi connectivity index (χ4v) is 1.77. The van der Waals surface area contributed by atoms with Crippen LogP contribution in [0.1, 0.15) is 18.4 Å². The van der Waals surface area contributed by atoms with Crippen molar-refractivity contribution in [2.45, 2.75) is 25.8 Å². The second-order valence-corrected chi connectivity index (χ2v) is 4.34. The number of aryl methyl sites for hydroxylation is 1. The van der Waals surface area contributed by atoms with Gasteiger partial charge in [-0.2, -0.15) is 0 Å². The van der Waals surface area contributed by atoms with Gasteiger partial charge in [0.25, 0.3) is 0 Å². The molecule has 1 aromatic rings. The standard InChI is InChI=1S/C11H12ClN3O2/c1-6-4-7(5-13-10(6)12)14-11(17)8-2-3-9(16)15-8/h4-5,8H,2-3H2,1H3,(H,14,17)(H,15,16). The number of hydrogen-bond donors (Lipinski definition) is 2. The molecule has 1 aromatic heterocycles. The number of carbonyl (C=O) groups excluding carboxylic acids is 2. The van der Waals surface area contributed by atoms with Crippen LogP contribution in [0.4, 0.5) is 5.69 Å². The van der Waals surface area contributed by atoms with Crippen LogP contribution < -0.4 is 10.6 Å². The molecule has 1 saturated heterocycles. The third kappa shape index (κ3) is 2.74. The molecule has 6 heteroatoms. The Hall–Kier alpha value is -1.62. The van der Waals surface area contributed by atoms with Crippen LogP contribution in [0.2, 0.25) is 5.15 Å². The Morgan fingerprint density at radius 2 is 2.41 bits per heavy atom. The van der Waals surface area contributed by atoms with Crippen LogP contribution in [0.5, 0.6) is 0 Å². The molecule has 90 valence electrons. The average Bonchev–Trinajstić information content (AvgIpc) is 2.70. The predicted molar refractivity (Wildman–Crippen MR) is 63.8 cm³/mol. The lowest BCUT2D eigenvalue weighted by atomic mass is 10.2. The number of pyridine rings is 1. The first-order chi connectivity index (χ1) is 8.06. The largest absolute Gasteiger partial charge is 0.344 e. The predicted octanol–water partition coefficient (Wildman–Crippen LogP) is 1.26. The van der Waals surface area contributed by atoms with E-state index in [1.807, 2.05) is 6.92 Å². The first kappa shape index (κ1) is 11.9. The maximum Gasteiger partial charge on any atom is 0.247 e. The summed E-state index contributed by atoms with van der Waals surface area (Å²) in [5.41, 5.74) is 1.37. The lowest BCUT2D eigenvalue weighted by Gasteiger charge is -2.11. The Kier molecular flexibility index (Phi) is 3.28. The highest BCUT2D eigenvalue weighted by atomic mass is 35.5. The summed E-state index contributed by atoms with van der Waals surface area (Å²) in [7, 11) is 0. The minimum atomic E-state index is -0.446. The Morgan fingerprint density at radius 3 is 3.00 bits per heavy atom. The zero-order valence-electron chi connectivity index (χ0n) is 9.29. The van der Waals surface area contributed by atoms with Gasteiger partial charge in [0.15, 0.2) is 0 Å². The molecule has 2 N–H and O–H groups in total. The van der Waals surface area contributed by atoms with Gasteiger partial charge < -0.3 is 10.6 Å². The van der Waals surface area contributed by atoms with Crippen LogP contribution in [-0.4, -0.2) is 22.8 Å². The maximum atomic E-state index is 11.8. The van der Waals surface area contributed by atoms with Crippen molar-refractivity contribution in [1.82, 2.24) is 10.3 Å². The van der Waals surface area contributed by atoms with Crippen molar-refractivity contribution in [2.24, 2.45) is 0 Å². The van der Waals surface area contributed by atoms with Crippen LogP contribution in [0.3, 0.4) is 0 Å². The van der Waals surface area contributed by atoms with Crippen molar-refractivity contribution in [1.29, 1.82) is 0 Å². The first-order valence-electron chi connectivity index (χ1n) is 5.28. The summed E-state index contributed by atoms with van der Waals surface area (Å²) in [5, 5.41) is 5.71. The molecule has 1 aliphatic heterocycles. The molecule has 2 heterocycles. The quantitative estimate of drug-likeness (QED) is 0.780. The van der Waals surface area contributed by atoms with Gasteiger partial charge in [-0.15, -0.1) is 0 Å². The molecule has 1 unspecified atom stereocenters. The van der Waals surface area contributed by atoms with E-state index >= 15 is 0 Å². The van der Waals surface area contributed by atoms with Gasteiger partial charge in [0.1, 0.15) is 11.2 Å². The van der Waals surface area contributed by atoms with Crippen molar-refractivity contribution in [2.75, 3.05) is 5.32 Å². The molecule has 2 amide bonds. The minimum absolute atomic E-state index is 0.0874. The molecule has 5 nitrogen and oxygen atoms in total. The smallest absolute Gasteiger partial charge is 0.247 e. The van der Waals surface area contributed by atoms with E-state index in [1.165, 1.54) is 6.20 Å². The molecule has 1 aliphatic rings. The molecule has 2 rings (SSSR count). The normalized spacial score (nSPS) is 18.9. The molecular weight excluding hydrogens is 242 g/mol. The zero-order valence-corrected chi connectivity index (χ0v) is 10.0. The number of anilines is 1. The van der Waals surface area contributed by atoms with Gasteiger partial charge in [0.2, 0.25) is 11.8 Å². The summed E-state index contributed by atoms with van der Waals surface area (Å²) in [6.45, 7) is 1.81. The lowest BCUT2D eigenvalue weighted by Crippen LogP contribution is -2.37. The number of halogens is 1. The monoisotopic (exact) mass is 253 g/mol. The Labute approximate surface area is 104 Å². The number of nitrogens with zero attached hydrogens (tertiary/aromatic N) is 1. The summed E-state index contributed by atoms with van der Waals surface area (Å²) in [5.74, 6) is -0.310. The number of amides is 2. The molecule has 1 fully saturated rings. The third-order valence-corrected chi connectivity index (χ3v) is 2.99. The van der Waals surface area contributed by atoms with Crippen molar-refractivity contribution in [3.05, 3.63) is 23.0 Å². The van der Waals surface area contributed by atoms with Gasteiger partial charge in [-0.25, -0.2) is 4.98 Å². The first-order valence-corrected chi connectivity index (χ1v) is 5.66. The molecular formula is C11H12ClN3O2. The number of hydrogen-bond acceptors (Lipinski definition) is 3. The van der Waals surface area contributed by atoms with Crippen LogP contribution >= 0.6 is 11.6 Å². The summed E-state index contributed by atoms with van der Waals surface area (Å²) < 4.78 is 0. The minimum Gasteiger partial charge on any atom is -0.344 e. The molecule has 0 saturated carbocycles. The number of nitrogens with one attached hydrogen (secondary N) is 2. The van der Waals surface area contributed by atoms with E-state index in [0.29, 0.717) is 23.7 Å². The second-order valence-electron chi connectivity index (χ2n) is 3.98. The highest BCUT2D eigenvalue weighted by Gasteiger charge is 2.27. The van der Waals surface area contributed by atoms with Gasteiger partial charge in [0.05, 0.1) is 11.9 Å². The topological polar surface area (TPSA) is 71.1 Å². The fraction of sp³-hybridized carbons (Fsp3) is 0.364.